The lowest BCUT2D eigenvalue weighted by molar-refractivity contribution is -0.384. The van der Waals surface area contributed by atoms with Crippen molar-refractivity contribution in [2.45, 2.75) is 13.0 Å². The van der Waals surface area contributed by atoms with Crippen LogP contribution in [0.3, 0.4) is 0 Å². The number of hydrogen-bond acceptors (Lipinski definition) is 4. The number of ether oxygens (including phenoxy) is 1. The molecule has 0 saturated carbocycles. The van der Waals surface area contributed by atoms with Crippen LogP contribution < -0.4 is 5.32 Å². The second-order valence-corrected chi connectivity index (χ2v) is 4.78. The molecule has 0 unspecified atom stereocenters. The van der Waals surface area contributed by atoms with Gasteiger partial charge in [0.05, 0.1) is 11.5 Å². The summed E-state index contributed by atoms with van der Waals surface area (Å²) in [6, 6.07) is 12.7. The van der Waals surface area contributed by atoms with Gasteiger partial charge in [-0.25, -0.2) is 9.90 Å². The molecule has 0 aromatic heterocycles. The number of nitrogens with zero attached hydrogens (tertiary/aromatic N) is 1. The normalized spacial score (nSPS) is 10.1. The first-order chi connectivity index (χ1) is 11.1. The van der Waals surface area contributed by atoms with Crippen molar-refractivity contribution in [1.82, 2.24) is 0 Å². The number of nitro benzene ring substituents is 1. The number of rotatable bonds is 6. The number of carbonyl (C=O) groups is 1. The van der Waals surface area contributed by atoms with Crippen molar-refractivity contribution in [3.05, 3.63) is 69.8 Å². The van der Waals surface area contributed by atoms with Crippen LogP contribution in [-0.2, 0) is 22.9 Å². The quantitative estimate of drug-likeness (QED) is 0.652. The fourth-order valence-electron chi connectivity index (χ4n) is 1.89. The lowest BCUT2D eigenvalue weighted by atomic mass is 10.1. The number of anilines is 1. The third-order valence-electron chi connectivity index (χ3n) is 3.11. The molecule has 2 aromatic rings. The molecule has 0 heterocycles. The van der Waals surface area contributed by atoms with Crippen LogP contribution in [-0.4, -0.2) is 17.6 Å². The van der Waals surface area contributed by atoms with Gasteiger partial charge < -0.3 is 4.74 Å². The van der Waals surface area contributed by atoms with Crippen molar-refractivity contribution >= 4 is 17.5 Å². The summed E-state index contributed by atoms with van der Waals surface area (Å²) < 4.78 is 5.04. The Balaban J connectivity index is 1.83. The average Bonchev–Trinajstić information content (AvgIpc) is 2.55. The lowest BCUT2D eigenvalue weighted by Gasteiger charge is -2.07. The van der Waals surface area contributed by atoms with Crippen LogP contribution in [0, 0.1) is 10.1 Å². The van der Waals surface area contributed by atoms with Gasteiger partial charge in [-0.15, -0.1) is 0 Å². The Morgan fingerprint density at radius 2 is 1.65 bits per heavy atom. The van der Waals surface area contributed by atoms with Gasteiger partial charge in [-0.05, 0) is 41.8 Å². The molecule has 7 heteroatoms. The zero-order valence-corrected chi connectivity index (χ0v) is 12.2. The van der Waals surface area contributed by atoms with Crippen LogP contribution in [0.4, 0.5) is 16.2 Å². The summed E-state index contributed by atoms with van der Waals surface area (Å²) in [7, 11) is 0. The van der Waals surface area contributed by atoms with E-state index in [1.54, 1.807) is 24.3 Å². The van der Waals surface area contributed by atoms with Gasteiger partial charge in [0.25, 0.3) is 5.69 Å². The third kappa shape index (κ3) is 5.08. The highest BCUT2D eigenvalue weighted by atomic mass is 16.6. The van der Waals surface area contributed by atoms with Crippen LogP contribution in [0.2, 0.25) is 0 Å². The molecule has 0 aliphatic rings. The number of carbonyl (C=O) groups excluding carboxylic acids is 1. The van der Waals surface area contributed by atoms with Crippen LogP contribution in [0.15, 0.2) is 48.5 Å². The summed E-state index contributed by atoms with van der Waals surface area (Å²) in [6.07, 6.45) is -0.176. The zero-order chi connectivity index (χ0) is 16.7. The maximum absolute atomic E-state index is 11.7. The largest absolute Gasteiger partial charge is 0.444 e. The van der Waals surface area contributed by atoms with Gasteiger partial charge in [-0.3, -0.25) is 15.4 Å². The second kappa shape index (κ2) is 7.90. The fraction of sp³-hybridized carbons (Fsp3) is 0.188. The number of non-ortho nitro benzene ring substituents is 1. The highest BCUT2D eigenvalue weighted by molar-refractivity contribution is 5.84. The second-order valence-electron chi connectivity index (χ2n) is 4.78. The van der Waals surface area contributed by atoms with Crippen LogP contribution in [0.5, 0.6) is 0 Å². The first-order valence-corrected chi connectivity index (χ1v) is 6.92. The minimum atomic E-state index is -0.625. The minimum Gasteiger partial charge on any atom is -0.444 e. The Labute approximate surface area is 132 Å². The van der Waals surface area contributed by atoms with Crippen molar-refractivity contribution < 1.29 is 19.6 Å². The molecule has 119 valence electrons. The Hall–Kier alpha value is -2.93. The van der Waals surface area contributed by atoms with Crippen molar-refractivity contribution in [2.75, 3.05) is 11.9 Å². The van der Waals surface area contributed by atoms with E-state index in [1.807, 2.05) is 0 Å². The van der Waals surface area contributed by atoms with E-state index in [0.29, 0.717) is 17.7 Å². The molecule has 23 heavy (non-hydrogen) atoms. The molecule has 1 N–H and O–H groups in total. The van der Waals surface area contributed by atoms with Crippen LogP contribution >= 0.6 is 0 Å². The van der Waals surface area contributed by atoms with E-state index in [4.69, 9.17) is 4.74 Å². The summed E-state index contributed by atoms with van der Waals surface area (Å²) in [5.74, 6) is 0. The molecule has 1 amide bonds. The molecule has 0 bridgehead atoms. The molecule has 1 radical (unpaired) electrons. The predicted molar refractivity (Wildman–Crippen MR) is 82.6 cm³/mol. The number of nitro groups is 1. The summed E-state index contributed by atoms with van der Waals surface area (Å²) in [6.45, 7) is -0.165. The molecule has 0 atom stereocenters. The van der Waals surface area contributed by atoms with Gasteiger partial charge >= 0.3 is 6.09 Å². The Kier molecular flexibility index (Phi) is 5.65. The van der Waals surface area contributed by atoms with Crippen molar-refractivity contribution in [3.8, 4) is 0 Å². The molecular formula is C16H15N2O5. The Morgan fingerprint density at radius 3 is 2.22 bits per heavy atom. The molecule has 0 aliphatic heterocycles. The summed E-state index contributed by atoms with van der Waals surface area (Å²) >= 11 is 0. The van der Waals surface area contributed by atoms with E-state index in [1.165, 1.54) is 24.3 Å². The summed E-state index contributed by atoms with van der Waals surface area (Å²) in [4.78, 5) is 21.7. The molecule has 0 saturated heterocycles. The monoisotopic (exact) mass is 315 g/mol. The van der Waals surface area contributed by atoms with Gasteiger partial charge in [0.15, 0.2) is 0 Å². The maximum Gasteiger partial charge on any atom is 0.411 e. The van der Waals surface area contributed by atoms with Crippen LogP contribution in [0.1, 0.15) is 11.1 Å². The maximum atomic E-state index is 11.7. The van der Waals surface area contributed by atoms with E-state index >= 15 is 0 Å². The molecule has 0 fully saturated rings. The lowest BCUT2D eigenvalue weighted by Crippen LogP contribution is -2.13. The highest BCUT2D eigenvalue weighted by Crippen LogP contribution is 2.14. The number of hydrogen-bond donors (Lipinski definition) is 1. The van der Waals surface area contributed by atoms with E-state index in [9.17, 15) is 20.0 Å². The molecule has 7 nitrogen and oxygen atoms in total. The van der Waals surface area contributed by atoms with Gasteiger partial charge in [0.2, 0.25) is 0 Å². The topological polar surface area (TPSA) is 101 Å². The first-order valence-electron chi connectivity index (χ1n) is 6.92. The van der Waals surface area contributed by atoms with Gasteiger partial charge in [0, 0.05) is 17.8 Å². The van der Waals surface area contributed by atoms with Crippen molar-refractivity contribution in [3.63, 3.8) is 0 Å². The number of amides is 1. The summed E-state index contributed by atoms with van der Waals surface area (Å²) in [5, 5.41) is 23.6. The van der Waals surface area contributed by atoms with E-state index in [0.717, 1.165) is 5.56 Å². The summed E-state index contributed by atoms with van der Waals surface area (Å²) in [5.41, 5.74) is 2.10. The molecule has 2 aromatic carbocycles. The zero-order valence-electron chi connectivity index (χ0n) is 12.2. The molecular weight excluding hydrogens is 300 g/mol. The Bertz CT molecular complexity index is 668. The first kappa shape index (κ1) is 16.4. The van der Waals surface area contributed by atoms with E-state index in [-0.39, 0.29) is 18.9 Å². The minimum absolute atomic E-state index is 0.0120. The van der Waals surface area contributed by atoms with E-state index < -0.39 is 11.0 Å². The smallest absolute Gasteiger partial charge is 0.411 e. The number of benzene rings is 2. The van der Waals surface area contributed by atoms with Crippen molar-refractivity contribution in [2.24, 2.45) is 0 Å². The van der Waals surface area contributed by atoms with E-state index in [2.05, 4.69) is 5.32 Å². The third-order valence-corrected chi connectivity index (χ3v) is 3.11. The van der Waals surface area contributed by atoms with Crippen LogP contribution in [0.25, 0.3) is 0 Å². The number of nitrogens with one attached hydrogen (secondary N) is 1. The molecule has 0 spiro atoms. The van der Waals surface area contributed by atoms with Gasteiger partial charge in [0.1, 0.15) is 6.61 Å². The van der Waals surface area contributed by atoms with Gasteiger partial charge in [-0.2, -0.15) is 0 Å². The standard InChI is InChI=1S/C16H15N2O5/c19-10-9-12-1-5-14(6-2-12)17-16(20)23-11-13-3-7-15(8-4-13)18(21)22/h1-8H,9-11H2,(H,17,20). The SMILES string of the molecule is [O]CCc1ccc(NC(=O)OCc2ccc([N+](=O)[O-])cc2)cc1. The molecule has 2 rings (SSSR count). The predicted octanol–water partition coefficient (Wildman–Crippen LogP) is 3.32. The Morgan fingerprint density at radius 1 is 1.04 bits per heavy atom. The van der Waals surface area contributed by atoms with Crippen molar-refractivity contribution in [1.29, 1.82) is 0 Å². The van der Waals surface area contributed by atoms with Gasteiger partial charge in [-0.1, -0.05) is 12.1 Å². The fourth-order valence-corrected chi connectivity index (χ4v) is 1.89. The highest BCUT2D eigenvalue weighted by Gasteiger charge is 2.07. The average molecular weight is 315 g/mol. The molecule has 0 aliphatic carbocycles.